The fraction of sp³-hybridized carbons (Fsp3) is 0.900. The fourth-order valence-electron chi connectivity index (χ4n) is 1.08. The lowest BCUT2D eigenvalue weighted by Gasteiger charge is -2.26. The maximum Gasteiger partial charge on any atom is 0.113 e. The zero-order chi connectivity index (χ0) is 10.5. The quantitative estimate of drug-likeness (QED) is 0.740. The number of hydrogen-bond donors (Lipinski definition) is 1. The molecule has 0 aromatic carbocycles. The van der Waals surface area contributed by atoms with Gasteiger partial charge in [-0.15, -0.1) is 0 Å². The van der Waals surface area contributed by atoms with Gasteiger partial charge in [0.15, 0.2) is 0 Å². The van der Waals surface area contributed by atoms with Gasteiger partial charge in [-0.25, -0.2) is 0 Å². The molecule has 0 saturated carbocycles. The second kappa shape index (κ2) is 5.51. The van der Waals surface area contributed by atoms with Crippen molar-refractivity contribution in [2.45, 2.75) is 51.4 Å². The summed E-state index contributed by atoms with van der Waals surface area (Å²) in [6, 6.07) is 2.69. The smallest absolute Gasteiger partial charge is 0.113 e. The zero-order valence-corrected chi connectivity index (χ0v) is 10.0. The van der Waals surface area contributed by atoms with Crippen molar-refractivity contribution in [2.24, 2.45) is 0 Å². The molecular formula is C10H20N2S. The van der Waals surface area contributed by atoms with Gasteiger partial charge in [-0.05, 0) is 26.0 Å². The predicted molar refractivity (Wildman–Crippen MR) is 59.9 cm³/mol. The van der Waals surface area contributed by atoms with Crippen molar-refractivity contribution >= 4 is 11.8 Å². The van der Waals surface area contributed by atoms with Crippen LogP contribution in [0.5, 0.6) is 0 Å². The first-order chi connectivity index (χ1) is 5.89. The Morgan fingerprint density at radius 1 is 1.38 bits per heavy atom. The second-order valence-corrected chi connectivity index (χ2v) is 5.67. The molecule has 76 valence electrons. The van der Waals surface area contributed by atoms with E-state index in [1.54, 1.807) is 0 Å². The standard InChI is InChI=1S/C10H20N2S/c1-8(2)12-10(5,6-11)7-13-9(3)4/h8-9,12H,7H2,1-5H3. The third kappa shape index (κ3) is 5.95. The minimum Gasteiger partial charge on any atom is -0.297 e. The molecule has 0 fully saturated rings. The van der Waals surface area contributed by atoms with Crippen LogP contribution in [-0.4, -0.2) is 22.6 Å². The summed E-state index contributed by atoms with van der Waals surface area (Å²) in [7, 11) is 0. The van der Waals surface area contributed by atoms with E-state index >= 15 is 0 Å². The Morgan fingerprint density at radius 2 is 1.92 bits per heavy atom. The third-order valence-electron chi connectivity index (χ3n) is 1.56. The van der Waals surface area contributed by atoms with Gasteiger partial charge in [-0.1, -0.05) is 13.8 Å². The van der Waals surface area contributed by atoms with E-state index < -0.39 is 0 Å². The number of hydrogen-bond acceptors (Lipinski definition) is 3. The van der Waals surface area contributed by atoms with E-state index in [1.807, 2.05) is 18.7 Å². The third-order valence-corrected chi connectivity index (χ3v) is 2.97. The molecule has 0 radical (unpaired) electrons. The van der Waals surface area contributed by atoms with Crippen molar-refractivity contribution in [1.29, 1.82) is 5.26 Å². The van der Waals surface area contributed by atoms with Crippen LogP contribution in [0.3, 0.4) is 0 Å². The monoisotopic (exact) mass is 200 g/mol. The number of nitrogens with zero attached hydrogens (tertiary/aromatic N) is 1. The molecule has 1 atom stereocenters. The van der Waals surface area contributed by atoms with Crippen LogP contribution in [0.4, 0.5) is 0 Å². The minimum absolute atomic E-state index is 0.359. The van der Waals surface area contributed by atoms with Crippen LogP contribution in [0.15, 0.2) is 0 Å². The highest BCUT2D eigenvalue weighted by molar-refractivity contribution is 7.99. The van der Waals surface area contributed by atoms with Crippen LogP contribution < -0.4 is 5.32 Å². The average molecular weight is 200 g/mol. The molecule has 0 rings (SSSR count). The van der Waals surface area contributed by atoms with E-state index in [0.29, 0.717) is 11.3 Å². The molecule has 0 saturated heterocycles. The zero-order valence-electron chi connectivity index (χ0n) is 9.22. The molecule has 2 nitrogen and oxygen atoms in total. The molecule has 0 amide bonds. The van der Waals surface area contributed by atoms with Gasteiger partial charge in [0.2, 0.25) is 0 Å². The van der Waals surface area contributed by atoms with Crippen molar-refractivity contribution in [3.05, 3.63) is 0 Å². The molecule has 3 heteroatoms. The van der Waals surface area contributed by atoms with E-state index in [9.17, 15) is 0 Å². The lowest BCUT2D eigenvalue weighted by Crippen LogP contribution is -2.47. The summed E-state index contributed by atoms with van der Waals surface area (Å²) in [6.45, 7) is 10.4. The summed E-state index contributed by atoms with van der Waals surface area (Å²) in [4.78, 5) is 0. The normalized spacial score (nSPS) is 15.8. The average Bonchev–Trinajstić information content (AvgIpc) is 2.00. The van der Waals surface area contributed by atoms with Gasteiger partial charge in [0.05, 0.1) is 6.07 Å². The molecule has 0 aromatic rings. The molecular weight excluding hydrogens is 180 g/mol. The molecule has 0 aliphatic heterocycles. The molecule has 1 N–H and O–H groups in total. The summed E-state index contributed by atoms with van der Waals surface area (Å²) in [5.41, 5.74) is -0.386. The lowest BCUT2D eigenvalue weighted by atomic mass is 10.1. The van der Waals surface area contributed by atoms with Crippen LogP contribution in [0.25, 0.3) is 0 Å². The summed E-state index contributed by atoms with van der Waals surface area (Å²) in [5, 5.41) is 12.9. The highest BCUT2D eigenvalue weighted by Crippen LogP contribution is 2.17. The summed E-state index contributed by atoms with van der Waals surface area (Å²) in [6.07, 6.45) is 0. The maximum absolute atomic E-state index is 9.02. The maximum atomic E-state index is 9.02. The van der Waals surface area contributed by atoms with Crippen molar-refractivity contribution in [3.63, 3.8) is 0 Å². The largest absolute Gasteiger partial charge is 0.297 e. The van der Waals surface area contributed by atoms with Gasteiger partial charge in [-0.3, -0.25) is 5.32 Å². The number of rotatable bonds is 5. The molecule has 13 heavy (non-hydrogen) atoms. The number of nitrogens with one attached hydrogen (secondary N) is 1. The summed E-state index contributed by atoms with van der Waals surface area (Å²) < 4.78 is 0. The van der Waals surface area contributed by atoms with Crippen LogP contribution in [-0.2, 0) is 0 Å². The van der Waals surface area contributed by atoms with Gasteiger partial charge in [0.25, 0.3) is 0 Å². The molecule has 0 aliphatic rings. The topological polar surface area (TPSA) is 35.8 Å². The molecule has 0 spiro atoms. The first-order valence-corrected chi connectivity index (χ1v) is 5.75. The number of thioether (sulfide) groups is 1. The van der Waals surface area contributed by atoms with Crippen molar-refractivity contribution in [1.82, 2.24) is 5.32 Å². The van der Waals surface area contributed by atoms with Crippen molar-refractivity contribution in [2.75, 3.05) is 5.75 Å². The van der Waals surface area contributed by atoms with Gasteiger partial charge in [-0.2, -0.15) is 17.0 Å². The van der Waals surface area contributed by atoms with E-state index in [0.717, 1.165) is 5.75 Å². The lowest BCUT2D eigenvalue weighted by molar-refractivity contribution is 0.443. The Labute approximate surface area is 86.1 Å². The first kappa shape index (κ1) is 12.8. The van der Waals surface area contributed by atoms with Crippen LogP contribution in [0, 0.1) is 11.3 Å². The Morgan fingerprint density at radius 3 is 2.23 bits per heavy atom. The Hall–Kier alpha value is -0.200. The first-order valence-electron chi connectivity index (χ1n) is 4.70. The van der Waals surface area contributed by atoms with Crippen LogP contribution >= 0.6 is 11.8 Å². The molecule has 1 unspecified atom stereocenters. The summed E-state index contributed by atoms with van der Waals surface area (Å²) in [5.74, 6) is 0.847. The predicted octanol–water partition coefficient (Wildman–Crippen LogP) is 2.41. The van der Waals surface area contributed by atoms with E-state index in [1.165, 1.54) is 0 Å². The van der Waals surface area contributed by atoms with E-state index in [2.05, 4.69) is 39.1 Å². The van der Waals surface area contributed by atoms with Crippen LogP contribution in [0.2, 0.25) is 0 Å². The molecule has 0 aromatic heterocycles. The molecule has 0 aliphatic carbocycles. The molecule has 0 bridgehead atoms. The Kier molecular flexibility index (Phi) is 5.43. The van der Waals surface area contributed by atoms with Gasteiger partial charge in [0, 0.05) is 11.8 Å². The Bertz CT molecular complexity index is 184. The fourth-order valence-corrected chi connectivity index (χ4v) is 1.89. The van der Waals surface area contributed by atoms with E-state index in [-0.39, 0.29) is 5.54 Å². The number of nitriles is 1. The Balaban J connectivity index is 4.06. The molecule has 0 heterocycles. The van der Waals surface area contributed by atoms with E-state index in [4.69, 9.17) is 5.26 Å². The minimum atomic E-state index is -0.386. The SMILES string of the molecule is CC(C)NC(C)(C#N)CSC(C)C. The van der Waals surface area contributed by atoms with Crippen molar-refractivity contribution in [3.8, 4) is 6.07 Å². The van der Waals surface area contributed by atoms with Crippen molar-refractivity contribution < 1.29 is 0 Å². The van der Waals surface area contributed by atoms with Gasteiger partial charge >= 0.3 is 0 Å². The summed E-state index contributed by atoms with van der Waals surface area (Å²) >= 11 is 1.82. The van der Waals surface area contributed by atoms with Gasteiger partial charge in [0.1, 0.15) is 5.54 Å². The highest BCUT2D eigenvalue weighted by atomic mass is 32.2. The van der Waals surface area contributed by atoms with Crippen LogP contribution in [0.1, 0.15) is 34.6 Å². The second-order valence-electron chi connectivity index (χ2n) is 4.10. The van der Waals surface area contributed by atoms with Gasteiger partial charge < -0.3 is 0 Å². The highest BCUT2D eigenvalue weighted by Gasteiger charge is 2.24.